The fraction of sp³-hybridized carbons (Fsp3) is 0.370. The molecule has 2 heterocycles. The van der Waals surface area contributed by atoms with Crippen LogP contribution < -0.4 is 15.8 Å². The molecule has 0 saturated carbocycles. The van der Waals surface area contributed by atoms with Gasteiger partial charge in [0.2, 0.25) is 0 Å². The number of aromatic amines is 1. The highest BCUT2D eigenvalue weighted by atomic mass is 19.1. The van der Waals surface area contributed by atoms with Crippen LogP contribution in [-0.2, 0) is 16.0 Å². The number of H-pyrrole nitrogens is 1. The van der Waals surface area contributed by atoms with Crippen molar-refractivity contribution in [2.45, 2.75) is 59.8 Å². The van der Waals surface area contributed by atoms with E-state index in [4.69, 9.17) is 19.9 Å². The van der Waals surface area contributed by atoms with E-state index in [9.17, 15) is 19.2 Å². The van der Waals surface area contributed by atoms with Gasteiger partial charge in [-0.05, 0) is 52.0 Å². The van der Waals surface area contributed by atoms with Crippen molar-refractivity contribution < 1.29 is 28.2 Å². The van der Waals surface area contributed by atoms with Crippen molar-refractivity contribution in [2.24, 2.45) is 0 Å². The van der Waals surface area contributed by atoms with Crippen LogP contribution in [0.2, 0.25) is 0 Å². The number of halogens is 1. The molecule has 3 rings (SSSR count). The van der Waals surface area contributed by atoms with Gasteiger partial charge in [-0.1, -0.05) is 13.8 Å². The van der Waals surface area contributed by atoms with Gasteiger partial charge in [0.1, 0.15) is 23.6 Å². The maximum absolute atomic E-state index is 14.0. The second-order valence-electron chi connectivity index (χ2n) is 8.98. The zero-order valence-electron chi connectivity index (χ0n) is 23.0. The molecule has 1 atom stereocenters. The highest BCUT2D eigenvalue weighted by Gasteiger charge is 2.23. The number of amides is 1. The SMILES string of the molecule is CC.COC(=O)c1ccc(F)cc1C(C)Oc1cc(-c2c(C#N)n[nH]c2CNC(=O)OC(C)(C)C)cnc1N. The summed E-state index contributed by atoms with van der Waals surface area (Å²) in [5.41, 5.74) is 7.02. The Morgan fingerprint density at radius 3 is 2.56 bits per heavy atom. The largest absolute Gasteiger partial charge is 0.482 e. The molecule has 11 nitrogen and oxygen atoms in total. The van der Waals surface area contributed by atoms with E-state index < -0.39 is 29.6 Å². The number of carbonyl (C=O) groups excluding carboxylic acids is 2. The molecule has 0 bridgehead atoms. The van der Waals surface area contributed by atoms with Gasteiger partial charge in [-0.2, -0.15) is 10.4 Å². The third-order valence-electron chi connectivity index (χ3n) is 5.09. The van der Waals surface area contributed by atoms with Crippen molar-refractivity contribution in [1.29, 1.82) is 5.26 Å². The number of benzene rings is 1. The molecule has 1 amide bonds. The predicted octanol–water partition coefficient (Wildman–Crippen LogP) is 5.04. The summed E-state index contributed by atoms with van der Waals surface area (Å²) in [4.78, 5) is 28.4. The minimum atomic E-state index is -0.822. The lowest BCUT2D eigenvalue weighted by molar-refractivity contribution is 0.0521. The van der Waals surface area contributed by atoms with Crippen molar-refractivity contribution in [3.05, 3.63) is 58.8 Å². The van der Waals surface area contributed by atoms with Gasteiger partial charge in [-0.3, -0.25) is 5.10 Å². The van der Waals surface area contributed by atoms with Gasteiger partial charge in [0.15, 0.2) is 17.3 Å². The van der Waals surface area contributed by atoms with Gasteiger partial charge >= 0.3 is 12.1 Å². The maximum Gasteiger partial charge on any atom is 0.407 e. The quantitative estimate of drug-likeness (QED) is 0.348. The van der Waals surface area contributed by atoms with Gasteiger partial charge in [-0.25, -0.2) is 19.0 Å². The maximum atomic E-state index is 14.0. The van der Waals surface area contributed by atoms with Gasteiger partial charge in [0.05, 0.1) is 24.9 Å². The van der Waals surface area contributed by atoms with Crippen LogP contribution in [0.1, 0.15) is 75.0 Å². The molecule has 1 aromatic carbocycles. The average molecular weight is 541 g/mol. The number of nitriles is 1. The number of nitrogen functional groups attached to an aromatic ring is 1. The Kier molecular flexibility index (Phi) is 10.4. The third kappa shape index (κ3) is 7.91. The number of carbonyl (C=O) groups is 2. The van der Waals surface area contributed by atoms with E-state index >= 15 is 0 Å². The summed E-state index contributed by atoms with van der Waals surface area (Å²) in [6.45, 7) is 10.8. The lowest BCUT2D eigenvalue weighted by Crippen LogP contribution is -2.32. The number of hydrogen-bond acceptors (Lipinski definition) is 9. The molecular weight excluding hydrogens is 507 g/mol. The number of ether oxygens (including phenoxy) is 3. The molecule has 0 aliphatic rings. The highest BCUT2D eigenvalue weighted by Crippen LogP contribution is 2.34. The molecule has 0 saturated heterocycles. The van der Waals surface area contributed by atoms with Gasteiger partial charge in [0.25, 0.3) is 0 Å². The van der Waals surface area contributed by atoms with Crippen molar-refractivity contribution in [1.82, 2.24) is 20.5 Å². The first-order chi connectivity index (χ1) is 18.4. The number of hydrogen-bond donors (Lipinski definition) is 3. The Bertz CT molecular complexity index is 1360. The molecule has 0 radical (unpaired) electrons. The van der Waals surface area contributed by atoms with Crippen molar-refractivity contribution in [3.63, 3.8) is 0 Å². The topological polar surface area (TPSA) is 165 Å². The summed E-state index contributed by atoms with van der Waals surface area (Å²) in [5.74, 6) is -1.05. The molecule has 3 aromatic rings. The fourth-order valence-electron chi connectivity index (χ4n) is 3.48. The van der Waals surface area contributed by atoms with Gasteiger partial charge in [-0.15, -0.1) is 0 Å². The molecule has 12 heteroatoms. The van der Waals surface area contributed by atoms with E-state index in [-0.39, 0.29) is 34.9 Å². The number of nitrogens with two attached hydrogens (primary N) is 1. The minimum Gasteiger partial charge on any atom is -0.482 e. The summed E-state index contributed by atoms with van der Waals surface area (Å²) in [7, 11) is 1.22. The van der Waals surface area contributed by atoms with Gasteiger partial charge in [0, 0.05) is 22.9 Å². The van der Waals surface area contributed by atoms with Crippen molar-refractivity contribution in [2.75, 3.05) is 12.8 Å². The molecule has 2 aromatic heterocycles. The standard InChI is InChI=1S/C25H27FN6O5.C2H6/c1-13(17-9-15(26)6-7-16(17)23(33)35-5)36-20-8-14(11-29-22(20)28)21-18(10-27)31-32-19(21)12-30-24(34)37-25(2,3)4;1-2/h6-9,11,13H,12H2,1-5H3,(H2,28,29)(H,30,34)(H,31,32);1-2H3. The smallest absolute Gasteiger partial charge is 0.407 e. The average Bonchev–Trinajstić information content (AvgIpc) is 3.31. The normalized spacial score (nSPS) is 11.4. The number of nitrogens with zero attached hydrogens (tertiary/aromatic N) is 3. The second-order valence-corrected chi connectivity index (χ2v) is 8.98. The van der Waals surface area contributed by atoms with E-state index in [0.717, 1.165) is 6.07 Å². The third-order valence-corrected chi connectivity index (χ3v) is 5.09. The number of pyridine rings is 1. The number of esters is 1. The lowest BCUT2D eigenvalue weighted by Gasteiger charge is -2.20. The number of rotatable bonds is 7. The summed E-state index contributed by atoms with van der Waals surface area (Å²) in [6, 6.07) is 7.17. The molecule has 0 aliphatic carbocycles. The lowest BCUT2D eigenvalue weighted by atomic mass is 10.0. The first kappa shape index (κ1) is 30.6. The van der Waals surface area contributed by atoms with Crippen LogP contribution >= 0.6 is 0 Å². The molecule has 4 N–H and O–H groups in total. The fourth-order valence-corrected chi connectivity index (χ4v) is 3.48. The summed E-state index contributed by atoms with van der Waals surface area (Å²) < 4.78 is 30.0. The number of aromatic nitrogens is 3. The van der Waals surface area contributed by atoms with Crippen LogP contribution in [0.25, 0.3) is 11.1 Å². The second kappa shape index (κ2) is 13.2. The van der Waals surface area contributed by atoms with E-state index in [1.807, 2.05) is 19.9 Å². The molecule has 0 aliphatic heterocycles. The summed E-state index contributed by atoms with van der Waals surface area (Å²) >= 11 is 0. The molecule has 0 fully saturated rings. The Balaban J connectivity index is 0.00000260. The number of anilines is 1. The Morgan fingerprint density at radius 2 is 1.95 bits per heavy atom. The Hall–Kier alpha value is -4.66. The van der Waals surface area contributed by atoms with Crippen LogP contribution in [0.3, 0.4) is 0 Å². The van der Waals surface area contributed by atoms with E-state index in [2.05, 4.69) is 20.5 Å². The predicted molar refractivity (Wildman–Crippen MR) is 142 cm³/mol. The Morgan fingerprint density at radius 1 is 1.26 bits per heavy atom. The summed E-state index contributed by atoms with van der Waals surface area (Å²) in [6.07, 6.45) is -0.0361. The zero-order valence-corrected chi connectivity index (χ0v) is 23.0. The highest BCUT2D eigenvalue weighted by molar-refractivity contribution is 5.91. The van der Waals surface area contributed by atoms with Crippen molar-refractivity contribution in [3.8, 4) is 22.9 Å². The molecule has 1 unspecified atom stereocenters. The molecule has 208 valence electrons. The van der Waals surface area contributed by atoms with Gasteiger partial charge < -0.3 is 25.3 Å². The molecule has 39 heavy (non-hydrogen) atoms. The monoisotopic (exact) mass is 540 g/mol. The first-order valence-electron chi connectivity index (χ1n) is 12.2. The van der Waals surface area contributed by atoms with Crippen LogP contribution in [0.5, 0.6) is 5.75 Å². The number of alkyl carbamates (subject to hydrolysis) is 1. The van der Waals surface area contributed by atoms with Crippen molar-refractivity contribution >= 4 is 17.9 Å². The minimum absolute atomic E-state index is 0.0122. The van der Waals surface area contributed by atoms with Crippen LogP contribution in [-0.4, -0.2) is 40.0 Å². The van der Waals surface area contributed by atoms with E-state index in [1.165, 1.54) is 25.4 Å². The first-order valence-corrected chi connectivity index (χ1v) is 12.2. The van der Waals surface area contributed by atoms with Crippen LogP contribution in [0.15, 0.2) is 30.5 Å². The molecular formula is C27H33FN6O5. The molecule has 0 spiro atoms. The van der Waals surface area contributed by atoms with E-state index in [1.54, 1.807) is 33.8 Å². The Labute approximate surface area is 226 Å². The zero-order chi connectivity index (χ0) is 29.3. The van der Waals surface area contributed by atoms with E-state index in [0.29, 0.717) is 16.8 Å². The van der Waals surface area contributed by atoms with Crippen LogP contribution in [0.4, 0.5) is 15.0 Å². The summed E-state index contributed by atoms with van der Waals surface area (Å²) in [5, 5.41) is 18.9. The van der Waals surface area contributed by atoms with Crippen LogP contribution in [0, 0.1) is 17.1 Å². The number of nitrogens with one attached hydrogen (secondary N) is 2. The number of methoxy groups -OCH3 is 1.